The summed E-state index contributed by atoms with van der Waals surface area (Å²) in [5.74, 6) is 0.988. The predicted octanol–water partition coefficient (Wildman–Crippen LogP) is 3.40. The molecule has 0 radical (unpaired) electrons. The van der Waals surface area contributed by atoms with E-state index in [-0.39, 0.29) is 0 Å². The lowest BCUT2D eigenvalue weighted by atomic mass is 9.62. The van der Waals surface area contributed by atoms with Gasteiger partial charge in [0.25, 0.3) is 0 Å². The van der Waals surface area contributed by atoms with Gasteiger partial charge in [0, 0.05) is 0 Å². The molecule has 1 rings (SSSR count). The number of rotatable bonds is 3. The normalized spacial score (nSPS) is 32.1. The van der Waals surface area contributed by atoms with Crippen LogP contribution in [0.4, 0.5) is 0 Å². The zero-order valence-electron chi connectivity index (χ0n) is 10.4. The number of hydrogen-bond donors (Lipinski definition) is 0. The summed E-state index contributed by atoms with van der Waals surface area (Å²) in [6, 6.07) is 0. The van der Waals surface area contributed by atoms with Gasteiger partial charge in [-0.15, -0.1) is 0 Å². The molecule has 0 heterocycles. The van der Waals surface area contributed by atoms with Crippen LogP contribution in [0.5, 0.6) is 0 Å². The van der Waals surface area contributed by atoms with Gasteiger partial charge in [-0.05, 0) is 51.2 Å². The van der Waals surface area contributed by atoms with E-state index in [9.17, 15) is 0 Å². The van der Waals surface area contributed by atoms with Gasteiger partial charge in [-0.1, -0.05) is 27.7 Å². The van der Waals surface area contributed by atoms with Crippen LogP contribution in [0.3, 0.4) is 0 Å². The molecule has 0 saturated heterocycles. The highest BCUT2D eigenvalue weighted by molar-refractivity contribution is 4.88. The molecule has 1 aliphatic carbocycles. The fourth-order valence-electron chi connectivity index (χ4n) is 2.32. The molecule has 0 atom stereocenters. The third-order valence-corrected chi connectivity index (χ3v) is 2.85. The van der Waals surface area contributed by atoms with Crippen molar-refractivity contribution in [2.75, 3.05) is 20.6 Å². The second-order valence-electron chi connectivity index (χ2n) is 4.88. The molecule has 0 aromatic carbocycles. The molecule has 0 aliphatic heterocycles. The Morgan fingerprint density at radius 3 is 2.00 bits per heavy atom. The van der Waals surface area contributed by atoms with Crippen LogP contribution in [0.1, 0.15) is 47.0 Å². The molecule has 0 N–H and O–H groups in total. The van der Waals surface area contributed by atoms with Gasteiger partial charge in [0.1, 0.15) is 0 Å². The van der Waals surface area contributed by atoms with Gasteiger partial charge in [0.15, 0.2) is 0 Å². The average molecular weight is 185 g/mol. The minimum absolute atomic E-state index is 0.684. The maximum Gasteiger partial charge on any atom is -0.00196 e. The molecule has 1 saturated carbocycles. The van der Waals surface area contributed by atoms with Crippen LogP contribution in [0.25, 0.3) is 0 Å². The molecule has 1 aliphatic rings. The zero-order chi connectivity index (χ0) is 10.5. The van der Waals surface area contributed by atoms with Crippen LogP contribution in [0, 0.1) is 11.3 Å². The Morgan fingerprint density at radius 2 is 1.69 bits per heavy atom. The fraction of sp³-hybridized carbons (Fsp3) is 1.00. The smallest absolute Gasteiger partial charge is 0.00196 e. The summed E-state index contributed by atoms with van der Waals surface area (Å²) in [5.41, 5.74) is 0.684. The van der Waals surface area contributed by atoms with Crippen molar-refractivity contribution in [3.63, 3.8) is 0 Å². The summed E-state index contributed by atoms with van der Waals surface area (Å²) in [6.07, 6.45) is 4.27. The molecule has 0 bridgehead atoms. The van der Waals surface area contributed by atoms with Crippen molar-refractivity contribution in [2.45, 2.75) is 47.0 Å². The van der Waals surface area contributed by atoms with Crippen LogP contribution in [-0.4, -0.2) is 25.5 Å². The summed E-state index contributed by atoms with van der Waals surface area (Å²) in [7, 11) is 4.32. The van der Waals surface area contributed by atoms with Crippen molar-refractivity contribution in [1.82, 2.24) is 4.90 Å². The minimum atomic E-state index is 0.684. The summed E-state index contributed by atoms with van der Waals surface area (Å²) < 4.78 is 0. The average Bonchev–Trinajstić information content (AvgIpc) is 2.02. The number of hydrogen-bond acceptors (Lipinski definition) is 1. The summed E-state index contributed by atoms with van der Waals surface area (Å²) >= 11 is 0. The van der Waals surface area contributed by atoms with Gasteiger partial charge < -0.3 is 4.90 Å². The van der Waals surface area contributed by atoms with Crippen LogP contribution in [0.2, 0.25) is 0 Å². The molecule has 13 heavy (non-hydrogen) atoms. The second kappa shape index (κ2) is 5.64. The van der Waals surface area contributed by atoms with E-state index in [1.807, 2.05) is 13.8 Å². The Hall–Kier alpha value is -0.0400. The van der Waals surface area contributed by atoms with Crippen LogP contribution in [0.15, 0.2) is 0 Å². The topological polar surface area (TPSA) is 3.24 Å². The first kappa shape index (κ1) is 13.0. The standard InChI is InChI=1S/C10H21N.C2H6/c1-9-7-10(2,8-9)5-6-11(3)4;1-2/h9H,5-8H2,1-4H3;1-2H3. The summed E-state index contributed by atoms with van der Waals surface area (Å²) in [6.45, 7) is 10.0. The van der Waals surface area contributed by atoms with Crippen molar-refractivity contribution in [1.29, 1.82) is 0 Å². The van der Waals surface area contributed by atoms with Gasteiger partial charge in [-0.2, -0.15) is 0 Å². The van der Waals surface area contributed by atoms with Crippen molar-refractivity contribution in [3.05, 3.63) is 0 Å². The molecular weight excluding hydrogens is 158 g/mol. The molecule has 0 aromatic heterocycles. The van der Waals surface area contributed by atoms with Crippen molar-refractivity contribution >= 4 is 0 Å². The first-order valence-corrected chi connectivity index (χ1v) is 5.67. The van der Waals surface area contributed by atoms with E-state index in [1.165, 1.54) is 25.8 Å². The van der Waals surface area contributed by atoms with E-state index < -0.39 is 0 Å². The van der Waals surface area contributed by atoms with E-state index in [0.29, 0.717) is 5.41 Å². The summed E-state index contributed by atoms with van der Waals surface area (Å²) in [5, 5.41) is 0. The monoisotopic (exact) mass is 185 g/mol. The third-order valence-electron chi connectivity index (χ3n) is 2.85. The van der Waals surface area contributed by atoms with Crippen molar-refractivity contribution < 1.29 is 0 Å². The quantitative estimate of drug-likeness (QED) is 0.651. The molecule has 1 fully saturated rings. The Bertz CT molecular complexity index is 123. The van der Waals surface area contributed by atoms with E-state index in [1.54, 1.807) is 0 Å². The van der Waals surface area contributed by atoms with Gasteiger partial charge in [0.2, 0.25) is 0 Å². The molecular formula is C12H27N. The van der Waals surface area contributed by atoms with E-state index in [4.69, 9.17) is 0 Å². The van der Waals surface area contributed by atoms with Crippen molar-refractivity contribution in [3.8, 4) is 0 Å². The SMILES string of the molecule is CC.CC1CC(C)(CCN(C)C)C1. The first-order chi connectivity index (χ1) is 6.02. The highest BCUT2D eigenvalue weighted by Crippen LogP contribution is 2.47. The molecule has 1 nitrogen and oxygen atoms in total. The van der Waals surface area contributed by atoms with Crippen LogP contribution in [-0.2, 0) is 0 Å². The molecule has 1 heteroatoms. The van der Waals surface area contributed by atoms with E-state index in [2.05, 4.69) is 32.8 Å². The fourth-order valence-corrected chi connectivity index (χ4v) is 2.32. The van der Waals surface area contributed by atoms with Gasteiger partial charge in [-0.25, -0.2) is 0 Å². The third kappa shape index (κ3) is 4.66. The summed E-state index contributed by atoms with van der Waals surface area (Å²) in [4.78, 5) is 2.29. The largest absolute Gasteiger partial charge is 0.309 e. The molecule has 0 spiro atoms. The Kier molecular flexibility index (Phi) is 5.62. The maximum atomic E-state index is 2.43. The van der Waals surface area contributed by atoms with Crippen LogP contribution >= 0.6 is 0 Å². The highest BCUT2D eigenvalue weighted by atomic mass is 15.0. The minimum Gasteiger partial charge on any atom is -0.309 e. The maximum absolute atomic E-state index is 2.43. The zero-order valence-corrected chi connectivity index (χ0v) is 10.4. The Morgan fingerprint density at radius 1 is 1.23 bits per heavy atom. The van der Waals surface area contributed by atoms with E-state index >= 15 is 0 Å². The van der Waals surface area contributed by atoms with Gasteiger partial charge in [0.05, 0.1) is 0 Å². The predicted molar refractivity (Wildman–Crippen MR) is 61.0 cm³/mol. The van der Waals surface area contributed by atoms with Crippen LogP contribution < -0.4 is 0 Å². The number of nitrogens with zero attached hydrogens (tertiary/aromatic N) is 1. The Balaban J connectivity index is 0.000000671. The second-order valence-corrected chi connectivity index (χ2v) is 4.88. The lowest BCUT2D eigenvalue weighted by molar-refractivity contribution is 0.0687. The van der Waals surface area contributed by atoms with Gasteiger partial charge in [-0.3, -0.25) is 0 Å². The lowest BCUT2D eigenvalue weighted by Gasteiger charge is -2.44. The molecule has 0 amide bonds. The van der Waals surface area contributed by atoms with E-state index in [0.717, 1.165) is 5.92 Å². The lowest BCUT2D eigenvalue weighted by Crippen LogP contribution is -2.35. The molecule has 80 valence electrons. The molecule has 0 aromatic rings. The first-order valence-electron chi connectivity index (χ1n) is 5.67. The van der Waals surface area contributed by atoms with Crippen molar-refractivity contribution in [2.24, 2.45) is 11.3 Å². The molecule has 0 unspecified atom stereocenters. The highest BCUT2D eigenvalue weighted by Gasteiger charge is 2.36. The Labute approximate surface area is 84.5 Å². The van der Waals surface area contributed by atoms with Gasteiger partial charge >= 0.3 is 0 Å².